The first kappa shape index (κ1) is 18.3. The van der Waals surface area contributed by atoms with Crippen LogP contribution in [0.5, 0.6) is 0 Å². The van der Waals surface area contributed by atoms with Crippen LogP contribution in [0.15, 0.2) is 0 Å². The molecule has 0 aromatic heterocycles. The summed E-state index contributed by atoms with van der Waals surface area (Å²) in [6.45, 7) is 9.07. The standard InChI is InChI=1S/C22H38O3/c1-14(23)22(25)12-18-16-6-9-20(3)11-15(24)5-10-21(20,4)17(16)7-8-19(18,2)13-22/h14-18,23-25H,5-13H2,1-4H3/t14-,15+,16+,17+,18-,19+,20+,21+,22+/m0/s1. The van der Waals surface area contributed by atoms with Gasteiger partial charge in [0.15, 0.2) is 0 Å². The van der Waals surface area contributed by atoms with Crippen molar-refractivity contribution in [1.29, 1.82) is 0 Å². The number of aliphatic hydroxyl groups is 3. The van der Waals surface area contributed by atoms with E-state index in [-0.39, 0.29) is 16.9 Å². The molecule has 0 heterocycles. The Labute approximate surface area is 153 Å². The van der Waals surface area contributed by atoms with E-state index in [9.17, 15) is 15.3 Å². The molecule has 25 heavy (non-hydrogen) atoms. The summed E-state index contributed by atoms with van der Waals surface area (Å²) in [5.41, 5.74) is -0.120. The summed E-state index contributed by atoms with van der Waals surface area (Å²) in [4.78, 5) is 0. The van der Waals surface area contributed by atoms with Gasteiger partial charge in [-0.1, -0.05) is 20.8 Å². The molecule has 0 aromatic carbocycles. The van der Waals surface area contributed by atoms with Crippen molar-refractivity contribution >= 4 is 0 Å². The third-order valence-corrected chi connectivity index (χ3v) is 9.93. The van der Waals surface area contributed by atoms with Crippen LogP contribution in [0.3, 0.4) is 0 Å². The molecule has 0 aliphatic heterocycles. The molecule has 144 valence electrons. The van der Waals surface area contributed by atoms with Crippen molar-refractivity contribution in [1.82, 2.24) is 0 Å². The summed E-state index contributed by atoms with van der Waals surface area (Å²) in [5, 5.41) is 31.5. The number of aliphatic hydroxyl groups excluding tert-OH is 2. The second-order valence-corrected chi connectivity index (χ2v) is 11.1. The molecule has 0 spiro atoms. The molecule has 4 aliphatic rings. The van der Waals surface area contributed by atoms with Gasteiger partial charge in [-0.25, -0.2) is 0 Å². The van der Waals surface area contributed by atoms with Crippen molar-refractivity contribution in [2.45, 2.75) is 103 Å². The number of fused-ring (bicyclic) bond motifs is 5. The summed E-state index contributed by atoms with van der Waals surface area (Å²) in [6.07, 6.45) is 8.74. The van der Waals surface area contributed by atoms with Crippen LogP contribution in [0, 0.1) is 34.0 Å². The van der Waals surface area contributed by atoms with E-state index >= 15 is 0 Å². The highest BCUT2D eigenvalue weighted by molar-refractivity contribution is 5.14. The second kappa shape index (κ2) is 5.45. The average molecular weight is 351 g/mol. The van der Waals surface area contributed by atoms with Crippen molar-refractivity contribution in [2.75, 3.05) is 0 Å². The Hall–Kier alpha value is -0.120. The third kappa shape index (κ3) is 2.41. The van der Waals surface area contributed by atoms with E-state index in [4.69, 9.17) is 0 Å². The van der Waals surface area contributed by atoms with Gasteiger partial charge >= 0.3 is 0 Å². The molecule has 4 fully saturated rings. The van der Waals surface area contributed by atoms with Crippen LogP contribution in [0.2, 0.25) is 0 Å². The van der Waals surface area contributed by atoms with Gasteiger partial charge in [0.25, 0.3) is 0 Å². The Balaban J connectivity index is 1.65. The van der Waals surface area contributed by atoms with E-state index < -0.39 is 11.7 Å². The number of hydrogen-bond acceptors (Lipinski definition) is 3. The highest BCUT2D eigenvalue weighted by atomic mass is 16.3. The summed E-state index contributed by atoms with van der Waals surface area (Å²) in [5.74, 6) is 1.94. The largest absolute Gasteiger partial charge is 0.393 e. The minimum absolute atomic E-state index is 0.115. The van der Waals surface area contributed by atoms with Crippen LogP contribution in [0.25, 0.3) is 0 Å². The first-order chi connectivity index (χ1) is 11.5. The lowest BCUT2D eigenvalue weighted by Gasteiger charge is -2.64. The van der Waals surface area contributed by atoms with E-state index in [0.29, 0.717) is 23.2 Å². The molecule has 0 amide bonds. The minimum atomic E-state index is -0.890. The molecular formula is C22H38O3. The lowest BCUT2D eigenvalue weighted by molar-refractivity contribution is -0.166. The molecule has 0 radical (unpaired) electrons. The van der Waals surface area contributed by atoms with E-state index in [1.807, 2.05) is 0 Å². The van der Waals surface area contributed by atoms with Crippen molar-refractivity contribution in [2.24, 2.45) is 34.0 Å². The van der Waals surface area contributed by atoms with Crippen molar-refractivity contribution in [3.8, 4) is 0 Å². The van der Waals surface area contributed by atoms with Gasteiger partial charge in [-0.15, -0.1) is 0 Å². The van der Waals surface area contributed by atoms with E-state index in [1.165, 1.54) is 25.7 Å². The molecule has 0 unspecified atom stereocenters. The quantitative estimate of drug-likeness (QED) is 0.672. The van der Waals surface area contributed by atoms with Gasteiger partial charge in [-0.05, 0) is 98.7 Å². The smallest absolute Gasteiger partial charge is 0.0910 e. The van der Waals surface area contributed by atoms with Gasteiger partial charge in [0, 0.05) is 0 Å². The van der Waals surface area contributed by atoms with E-state index in [0.717, 1.165) is 32.1 Å². The maximum atomic E-state index is 11.1. The summed E-state index contributed by atoms with van der Waals surface area (Å²) in [6, 6.07) is 0. The molecule has 3 heteroatoms. The first-order valence-electron chi connectivity index (χ1n) is 10.6. The van der Waals surface area contributed by atoms with Crippen molar-refractivity contribution < 1.29 is 15.3 Å². The highest BCUT2D eigenvalue weighted by Gasteiger charge is 2.64. The van der Waals surface area contributed by atoms with E-state index in [2.05, 4.69) is 20.8 Å². The topological polar surface area (TPSA) is 60.7 Å². The Morgan fingerprint density at radius 3 is 2.32 bits per heavy atom. The van der Waals surface area contributed by atoms with Crippen molar-refractivity contribution in [3.63, 3.8) is 0 Å². The van der Waals surface area contributed by atoms with Gasteiger partial charge in [0.2, 0.25) is 0 Å². The maximum absolute atomic E-state index is 11.1. The first-order valence-corrected chi connectivity index (χ1v) is 10.6. The third-order valence-electron chi connectivity index (χ3n) is 9.93. The predicted molar refractivity (Wildman–Crippen MR) is 99.0 cm³/mol. The fraction of sp³-hybridized carbons (Fsp3) is 1.00. The molecule has 9 atom stereocenters. The zero-order chi connectivity index (χ0) is 18.3. The second-order valence-electron chi connectivity index (χ2n) is 11.1. The summed E-state index contributed by atoms with van der Waals surface area (Å²) in [7, 11) is 0. The van der Waals surface area contributed by atoms with Crippen LogP contribution >= 0.6 is 0 Å². The minimum Gasteiger partial charge on any atom is -0.393 e. The normalized spacial score (nSPS) is 59.6. The molecule has 4 aliphatic carbocycles. The molecule has 3 nitrogen and oxygen atoms in total. The molecule has 0 aromatic rings. The molecule has 0 saturated heterocycles. The molecule has 4 saturated carbocycles. The SMILES string of the molecule is C[C@H](O)[C@@]1(O)C[C@H]2[C@@H]3CC[C@]4(C)C[C@H](O)CC[C@]4(C)[C@@H]3CC[C@]2(C)C1. The van der Waals surface area contributed by atoms with E-state index in [1.54, 1.807) is 6.92 Å². The Bertz CT molecular complexity index is 547. The number of hydrogen-bond donors (Lipinski definition) is 3. The van der Waals surface area contributed by atoms with Crippen molar-refractivity contribution in [3.05, 3.63) is 0 Å². The molecule has 0 bridgehead atoms. The zero-order valence-corrected chi connectivity index (χ0v) is 16.6. The van der Waals surface area contributed by atoms with Gasteiger partial charge in [0.1, 0.15) is 0 Å². The molecule has 3 N–H and O–H groups in total. The fourth-order valence-corrected chi connectivity index (χ4v) is 8.09. The average Bonchev–Trinajstić information content (AvgIpc) is 2.81. The Morgan fingerprint density at radius 1 is 0.920 bits per heavy atom. The summed E-state index contributed by atoms with van der Waals surface area (Å²) < 4.78 is 0. The zero-order valence-electron chi connectivity index (χ0n) is 16.6. The Morgan fingerprint density at radius 2 is 1.64 bits per heavy atom. The van der Waals surface area contributed by atoms with Gasteiger partial charge < -0.3 is 15.3 Å². The molecular weight excluding hydrogens is 312 g/mol. The monoisotopic (exact) mass is 350 g/mol. The van der Waals surface area contributed by atoms with Crippen LogP contribution in [0.4, 0.5) is 0 Å². The molecule has 4 rings (SSSR count). The summed E-state index contributed by atoms with van der Waals surface area (Å²) >= 11 is 0. The van der Waals surface area contributed by atoms with Crippen LogP contribution in [0.1, 0.15) is 85.5 Å². The van der Waals surface area contributed by atoms with Crippen LogP contribution < -0.4 is 0 Å². The highest BCUT2D eigenvalue weighted by Crippen LogP contribution is 2.70. The van der Waals surface area contributed by atoms with Crippen LogP contribution in [-0.2, 0) is 0 Å². The van der Waals surface area contributed by atoms with Gasteiger partial charge in [-0.3, -0.25) is 0 Å². The fourth-order valence-electron chi connectivity index (χ4n) is 8.09. The Kier molecular flexibility index (Phi) is 3.98. The predicted octanol–water partition coefficient (Wildman–Crippen LogP) is 3.89. The van der Waals surface area contributed by atoms with Gasteiger partial charge in [0.05, 0.1) is 17.8 Å². The lowest BCUT2D eigenvalue weighted by atomic mass is 9.40. The van der Waals surface area contributed by atoms with Gasteiger partial charge in [-0.2, -0.15) is 0 Å². The number of rotatable bonds is 1. The lowest BCUT2D eigenvalue weighted by Crippen LogP contribution is -2.57. The van der Waals surface area contributed by atoms with Crippen LogP contribution in [-0.4, -0.2) is 33.1 Å². The maximum Gasteiger partial charge on any atom is 0.0910 e.